The van der Waals surface area contributed by atoms with Gasteiger partial charge in [-0.3, -0.25) is 0 Å². The summed E-state index contributed by atoms with van der Waals surface area (Å²) in [5, 5.41) is 3.14. The first kappa shape index (κ1) is 15.4. The number of nitrogens with zero attached hydrogens (tertiary/aromatic N) is 1. The normalized spacial score (nSPS) is 15.8. The fourth-order valence-corrected chi connectivity index (χ4v) is 3.04. The van der Waals surface area contributed by atoms with Gasteiger partial charge in [-0.05, 0) is 41.7 Å². The largest absolute Gasteiger partial charge is 0.497 e. The van der Waals surface area contributed by atoms with Gasteiger partial charge in [0.25, 0.3) is 0 Å². The third kappa shape index (κ3) is 3.47. The van der Waals surface area contributed by atoms with Crippen molar-refractivity contribution in [2.24, 2.45) is 0 Å². The molecule has 0 heterocycles. The van der Waals surface area contributed by atoms with Crippen molar-refractivity contribution >= 4 is 6.03 Å². The lowest BCUT2D eigenvalue weighted by atomic mass is 10.1. The highest BCUT2D eigenvalue weighted by Crippen LogP contribution is 2.30. The number of rotatable bonds is 4. The zero-order chi connectivity index (χ0) is 16.2. The molecule has 0 radical (unpaired) electrons. The van der Waals surface area contributed by atoms with E-state index in [2.05, 4.69) is 23.5 Å². The van der Waals surface area contributed by atoms with Crippen LogP contribution in [0.2, 0.25) is 0 Å². The maximum atomic E-state index is 12.4. The van der Waals surface area contributed by atoms with Crippen molar-refractivity contribution in [1.82, 2.24) is 10.2 Å². The highest BCUT2D eigenvalue weighted by molar-refractivity contribution is 5.74. The third-order valence-corrected chi connectivity index (χ3v) is 4.36. The standard InChI is InChI=1S/C19H22N2O2/c1-21(13-14-7-10-16(23-2)11-8-14)19(22)20-18-12-9-15-5-3-4-6-17(15)18/h3-8,10-11,18H,9,12-13H2,1-2H3,(H,20,22). The Morgan fingerprint density at radius 1 is 1.22 bits per heavy atom. The van der Waals surface area contributed by atoms with E-state index in [0.29, 0.717) is 6.54 Å². The molecule has 2 amide bonds. The Labute approximate surface area is 137 Å². The van der Waals surface area contributed by atoms with Crippen molar-refractivity contribution in [2.45, 2.75) is 25.4 Å². The van der Waals surface area contributed by atoms with Gasteiger partial charge in [0.05, 0.1) is 13.2 Å². The highest BCUT2D eigenvalue weighted by Gasteiger charge is 2.24. The minimum atomic E-state index is -0.0393. The van der Waals surface area contributed by atoms with E-state index in [9.17, 15) is 4.79 Å². The van der Waals surface area contributed by atoms with Gasteiger partial charge >= 0.3 is 6.03 Å². The van der Waals surface area contributed by atoms with Crippen molar-refractivity contribution in [3.63, 3.8) is 0 Å². The van der Waals surface area contributed by atoms with Crippen LogP contribution in [0.4, 0.5) is 4.79 Å². The van der Waals surface area contributed by atoms with Gasteiger partial charge in [-0.15, -0.1) is 0 Å². The molecule has 1 N–H and O–H groups in total. The van der Waals surface area contributed by atoms with Gasteiger partial charge in [-0.25, -0.2) is 4.79 Å². The summed E-state index contributed by atoms with van der Waals surface area (Å²) in [5.41, 5.74) is 3.67. The highest BCUT2D eigenvalue weighted by atomic mass is 16.5. The third-order valence-electron chi connectivity index (χ3n) is 4.36. The fraction of sp³-hybridized carbons (Fsp3) is 0.316. The predicted molar refractivity (Wildman–Crippen MR) is 90.5 cm³/mol. The van der Waals surface area contributed by atoms with E-state index in [1.165, 1.54) is 11.1 Å². The van der Waals surface area contributed by atoms with Crippen molar-refractivity contribution in [1.29, 1.82) is 0 Å². The number of fused-ring (bicyclic) bond motifs is 1. The molecule has 0 aliphatic heterocycles. The number of aryl methyl sites for hydroxylation is 1. The Bertz CT molecular complexity index is 682. The number of benzene rings is 2. The van der Waals surface area contributed by atoms with Crippen molar-refractivity contribution < 1.29 is 9.53 Å². The Morgan fingerprint density at radius 3 is 2.70 bits per heavy atom. The average molecular weight is 310 g/mol. The van der Waals surface area contributed by atoms with Crippen LogP contribution in [0.1, 0.15) is 29.2 Å². The summed E-state index contributed by atoms with van der Waals surface area (Å²) in [6.07, 6.45) is 2.00. The Hall–Kier alpha value is -2.49. The lowest BCUT2D eigenvalue weighted by Crippen LogP contribution is -2.38. The number of nitrogens with one attached hydrogen (secondary N) is 1. The minimum absolute atomic E-state index is 0.0393. The number of urea groups is 1. The van der Waals surface area contributed by atoms with Gasteiger partial charge in [-0.2, -0.15) is 0 Å². The molecule has 0 bridgehead atoms. The monoisotopic (exact) mass is 310 g/mol. The van der Waals surface area contributed by atoms with Crippen molar-refractivity contribution in [2.75, 3.05) is 14.2 Å². The summed E-state index contributed by atoms with van der Waals surface area (Å²) >= 11 is 0. The van der Waals surface area contributed by atoms with Crippen LogP contribution in [0.15, 0.2) is 48.5 Å². The second kappa shape index (κ2) is 6.73. The van der Waals surface area contributed by atoms with E-state index in [0.717, 1.165) is 24.2 Å². The van der Waals surface area contributed by atoms with Crippen LogP contribution in [0, 0.1) is 0 Å². The molecule has 0 spiro atoms. The van der Waals surface area contributed by atoms with E-state index in [-0.39, 0.29) is 12.1 Å². The van der Waals surface area contributed by atoms with E-state index >= 15 is 0 Å². The molecule has 2 aromatic carbocycles. The Morgan fingerprint density at radius 2 is 1.96 bits per heavy atom. The van der Waals surface area contributed by atoms with E-state index in [1.54, 1.807) is 12.0 Å². The average Bonchev–Trinajstić information content (AvgIpc) is 2.98. The van der Waals surface area contributed by atoms with Gasteiger partial charge in [0.2, 0.25) is 0 Å². The molecular weight excluding hydrogens is 288 g/mol. The quantitative estimate of drug-likeness (QED) is 0.938. The topological polar surface area (TPSA) is 41.6 Å². The summed E-state index contributed by atoms with van der Waals surface area (Å²) in [4.78, 5) is 14.1. The van der Waals surface area contributed by atoms with Gasteiger partial charge in [0.15, 0.2) is 0 Å². The SMILES string of the molecule is COc1ccc(CN(C)C(=O)NC2CCc3ccccc32)cc1. The molecule has 0 saturated heterocycles. The second-order valence-corrected chi connectivity index (χ2v) is 5.94. The van der Waals surface area contributed by atoms with Crippen LogP contribution in [-0.4, -0.2) is 25.1 Å². The molecule has 3 rings (SSSR count). The van der Waals surface area contributed by atoms with Crippen molar-refractivity contribution in [3.8, 4) is 5.75 Å². The first-order chi connectivity index (χ1) is 11.2. The molecule has 1 atom stereocenters. The Kier molecular flexibility index (Phi) is 4.51. The maximum absolute atomic E-state index is 12.4. The molecule has 1 aliphatic carbocycles. The molecule has 0 aromatic heterocycles. The van der Waals surface area contributed by atoms with Crippen LogP contribution in [0.5, 0.6) is 5.75 Å². The minimum Gasteiger partial charge on any atom is -0.497 e. The van der Waals surface area contributed by atoms with Gasteiger partial charge in [-0.1, -0.05) is 36.4 Å². The summed E-state index contributed by atoms with van der Waals surface area (Å²) in [5.74, 6) is 0.823. The van der Waals surface area contributed by atoms with Gasteiger partial charge in [0.1, 0.15) is 5.75 Å². The molecule has 2 aromatic rings. The van der Waals surface area contributed by atoms with Crippen LogP contribution in [0.25, 0.3) is 0 Å². The van der Waals surface area contributed by atoms with E-state index < -0.39 is 0 Å². The first-order valence-corrected chi connectivity index (χ1v) is 7.89. The zero-order valence-electron chi connectivity index (χ0n) is 13.6. The first-order valence-electron chi connectivity index (χ1n) is 7.89. The van der Waals surface area contributed by atoms with Crippen molar-refractivity contribution in [3.05, 3.63) is 65.2 Å². The van der Waals surface area contributed by atoms with Gasteiger partial charge in [0, 0.05) is 13.6 Å². The lowest BCUT2D eigenvalue weighted by molar-refractivity contribution is 0.202. The number of hydrogen-bond donors (Lipinski definition) is 1. The fourth-order valence-electron chi connectivity index (χ4n) is 3.04. The van der Waals surface area contributed by atoms with Crippen LogP contribution in [-0.2, 0) is 13.0 Å². The molecule has 0 saturated carbocycles. The number of carbonyl (C=O) groups excluding carboxylic acids is 1. The summed E-state index contributed by atoms with van der Waals surface area (Å²) in [7, 11) is 3.47. The van der Waals surface area contributed by atoms with E-state index in [1.807, 2.05) is 37.4 Å². The second-order valence-electron chi connectivity index (χ2n) is 5.94. The summed E-state index contributed by atoms with van der Waals surface area (Å²) in [6.45, 7) is 0.574. The molecule has 4 heteroatoms. The van der Waals surface area contributed by atoms with E-state index in [4.69, 9.17) is 4.74 Å². The zero-order valence-corrected chi connectivity index (χ0v) is 13.6. The molecule has 120 valence electrons. The maximum Gasteiger partial charge on any atom is 0.317 e. The number of methoxy groups -OCH3 is 1. The number of ether oxygens (including phenoxy) is 1. The molecular formula is C19H22N2O2. The molecule has 23 heavy (non-hydrogen) atoms. The molecule has 1 unspecified atom stereocenters. The smallest absolute Gasteiger partial charge is 0.317 e. The Balaban J connectivity index is 1.59. The number of carbonyl (C=O) groups is 1. The summed E-state index contributed by atoms with van der Waals surface area (Å²) < 4.78 is 5.15. The predicted octanol–water partition coefficient (Wildman–Crippen LogP) is 3.52. The van der Waals surface area contributed by atoms with Crippen LogP contribution >= 0.6 is 0 Å². The van der Waals surface area contributed by atoms with Crippen LogP contribution < -0.4 is 10.1 Å². The number of amides is 2. The van der Waals surface area contributed by atoms with Crippen LogP contribution in [0.3, 0.4) is 0 Å². The molecule has 4 nitrogen and oxygen atoms in total. The van der Waals surface area contributed by atoms with Gasteiger partial charge < -0.3 is 15.0 Å². The molecule has 1 aliphatic rings. The molecule has 0 fully saturated rings. The lowest BCUT2D eigenvalue weighted by Gasteiger charge is -2.22. The summed E-state index contributed by atoms with van der Waals surface area (Å²) in [6, 6.07) is 16.2. The number of hydrogen-bond acceptors (Lipinski definition) is 2.